The fraction of sp³-hybridized carbons (Fsp3) is 0.200. The van der Waals surface area contributed by atoms with E-state index >= 15 is 0 Å². The maximum absolute atomic E-state index is 13.8. The summed E-state index contributed by atoms with van der Waals surface area (Å²) in [6.45, 7) is 1.81. The van der Waals surface area contributed by atoms with Crippen LogP contribution in [0.1, 0.15) is 24.1 Å². The molecular formula is C20H18Cl2F2N4O2S. The van der Waals surface area contributed by atoms with Gasteiger partial charge in [0.2, 0.25) is 10.0 Å². The molecule has 1 unspecified atom stereocenters. The number of nitrogens with zero attached hydrogens (tertiary/aromatic N) is 2. The number of halogens is 4. The lowest BCUT2D eigenvalue weighted by molar-refractivity contribution is 0.553. The van der Waals surface area contributed by atoms with Crippen LogP contribution >= 0.6 is 23.2 Å². The van der Waals surface area contributed by atoms with Crippen LogP contribution in [0.5, 0.6) is 0 Å². The second-order valence-electron chi connectivity index (χ2n) is 6.73. The van der Waals surface area contributed by atoms with Crippen LogP contribution in [0.3, 0.4) is 0 Å². The maximum Gasteiger partial charge on any atom is 0.242 e. The van der Waals surface area contributed by atoms with Crippen LogP contribution in [-0.4, -0.2) is 24.9 Å². The highest BCUT2D eigenvalue weighted by molar-refractivity contribution is 7.89. The first-order valence-corrected chi connectivity index (χ1v) is 11.3. The number of hydrogen-bond donors (Lipinski definition) is 2. The molecule has 31 heavy (non-hydrogen) atoms. The Balaban J connectivity index is 1.66. The third-order valence-electron chi connectivity index (χ3n) is 4.40. The van der Waals surface area contributed by atoms with Crippen molar-refractivity contribution in [2.45, 2.75) is 24.3 Å². The monoisotopic (exact) mass is 486 g/mol. The second-order valence-corrected chi connectivity index (χ2v) is 9.31. The lowest BCUT2D eigenvalue weighted by atomic mass is 10.1. The Morgan fingerprint density at radius 1 is 1.06 bits per heavy atom. The summed E-state index contributed by atoms with van der Waals surface area (Å²) in [4.78, 5) is 7.85. The van der Waals surface area contributed by atoms with Crippen LogP contribution in [0, 0.1) is 11.6 Å². The summed E-state index contributed by atoms with van der Waals surface area (Å²) in [5.74, 6) is -1.30. The highest BCUT2D eigenvalue weighted by Gasteiger charge is 2.20. The van der Waals surface area contributed by atoms with Gasteiger partial charge in [0.05, 0.1) is 15.7 Å². The van der Waals surface area contributed by atoms with Gasteiger partial charge >= 0.3 is 0 Å². The van der Waals surface area contributed by atoms with E-state index in [0.29, 0.717) is 5.56 Å². The van der Waals surface area contributed by atoms with E-state index in [4.69, 9.17) is 23.2 Å². The molecular weight excluding hydrogens is 469 g/mol. The molecule has 11 heteroatoms. The Labute approximate surface area is 188 Å². The molecule has 164 valence electrons. The SMILES string of the molecule is CC(CNS(=O)(=O)c1cnc(NCc2ccc(Cl)c(F)c2)c(Cl)c1)c1ncccc1F. The predicted octanol–water partition coefficient (Wildman–Crippen LogP) is 4.76. The van der Waals surface area contributed by atoms with Crippen LogP contribution in [0.4, 0.5) is 14.6 Å². The molecule has 1 aromatic carbocycles. The Kier molecular flexibility index (Phi) is 7.42. The van der Waals surface area contributed by atoms with Gasteiger partial charge in [-0.15, -0.1) is 0 Å². The fourth-order valence-corrected chi connectivity index (χ4v) is 4.22. The van der Waals surface area contributed by atoms with E-state index in [2.05, 4.69) is 20.0 Å². The number of nitrogens with one attached hydrogen (secondary N) is 2. The number of sulfonamides is 1. The van der Waals surface area contributed by atoms with E-state index < -0.39 is 27.6 Å². The average molecular weight is 487 g/mol. The van der Waals surface area contributed by atoms with E-state index in [1.54, 1.807) is 13.0 Å². The largest absolute Gasteiger partial charge is 0.365 e. The standard InChI is InChI=1S/C20H18Cl2F2N4O2S/c1-12(19-17(23)3-2-6-25-19)9-28-31(29,30)14-8-16(22)20(27-11-14)26-10-13-4-5-15(21)18(24)7-13/h2-8,11-12,28H,9-10H2,1H3,(H,26,27). The van der Waals surface area contributed by atoms with Crippen molar-refractivity contribution in [3.63, 3.8) is 0 Å². The van der Waals surface area contributed by atoms with Crippen LogP contribution in [-0.2, 0) is 16.6 Å². The van der Waals surface area contributed by atoms with Crippen molar-refractivity contribution < 1.29 is 17.2 Å². The van der Waals surface area contributed by atoms with E-state index in [9.17, 15) is 17.2 Å². The summed E-state index contributed by atoms with van der Waals surface area (Å²) >= 11 is 11.8. The van der Waals surface area contributed by atoms with Gasteiger partial charge in [-0.2, -0.15) is 0 Å². The summed E-state index contributed by atoms with van der Waals surface area (Å²) in [5, 5.41) is 3.00. The fourth-order valence-electron chi connectivity index (χ4n) is 2.71. The number of hydrogen-bond acceptors (Lipinski definition) is 5. The predicted molar refractivity (Wildman–Crippen MR) is 116 cm³/mol. The maximum atomic E-state index is 13.8. The van der Waals surface area contributed by atoms with E-state index in [1.165, 1.54) is 36.5 Å². The number of aromatic nitrogens is 2. The first-order chi connectivity index (χ1) is 14.7. The quantitative estimate of drug-likeness (QED) is 0.479. The molecule has 0 saturated carbocycles. The molecule has 0 aliphatic rings. The smallest absolute Gasteiger partial charge is 0.242 e. The minimum absolute atomic E-state index is 0.0158. The van der Waals surface area contributed by atoms with Crippen LogP contribution in [0.15, 0.2) is 53.7 Å². The third kappa shape index (κ3) is 5.88. The molecule has 3 rings (SSSR count). The van der Waals surface area contributed by atoms with Gasteiger partial charge in [-0.3, -0.25) is 4.98 Å². The van der Waals surface area contributed by atoms with Crippen molar-refractivity contribution in [1.29, 1.82) is 0 Å². The van der Waals surface area contributed by atoms with Crippen molar-refractivity contribution in [2.24, 2.45) is 0 Å². The van der Waals surface area contributed by atoms with Gasteiger partial charge < -0.3 is 5.32 Å². The van der Waals surface area contributed by atoms with E-state index in [-0.39, 0.29) is 39.5 Å². The van der Waals surface area contributed by atoms with E-state index in [0.717, 1.165) is 6.20 Å². The Hall–Kier alpha value is -2.33. The van der Waals surface area contributed by atoms with Gasteiger partial charge in [0, 0.05) is 31.4 Å². The van der Waals surface area contributed by atoms with Crippen molar-refractivity contribution in [3.8, 4) is 0 Å². The number of rotatable bonds is 8. The number of benzene rings is 1. The van der Waals surface area contributed by atoms with Crippen LogP contribution in [0.25, 0.3) is 0 Å². The molecule has 0 saturated heterocycles. The first kappa shape index (κ1) is 23.3. The average Bonchev–Trinajstić information content (AvgIpc) is 2.74. The minimum Gasteiger partial charge on any atom is -0.365 e. The normalized spacial score (nSPS) is 12.5. The molecule has 0 aliphatic carbocycles. The lowest BCUT2D eigenvalue weighted by Crippen LogP contribution is -2.28. The molecule has 2 aromatic heterocycles. The molecule has 0 spiro atoms. The van der Waals surface area contributed by atoms with Gasteiger partial charge in [-0.25, -0.2) is 26.9 Å². The molecule has 0 bridgehead atoms. The summed E-state index contributed by atoms with van der Waals surface area (Å²) in [7, 11) is -3.93. The zero-order valence-electron chi connectivity index (χ0n) is 16.2. The lowest BCUT2D eigenvalue weighted by Gasteiger charge is -2.14. The Morgan fingerprint density at radius 2 is 1.84 bits per heavy atom. The van der Waals surface area contributed by atoms with Crippen molar-refractivity contribution in [2.75, 3.05) is 11.9 Å². The topological polar surface area (TPSA) is 84.0 Å². The molecule has 0 radical (unpaired) electrons. The zero-order valence-corrected chi connectivity index (χ0v) is 18.6. The van der Waals surface area contributed by atoms with Crippen LogP contribution in [0.2, 0.25) is 10.0 Å². The summed E-state index contributed by atoms with van der Waals surface area (Å²) in [6, 6.07) is 8.32. The van der Waals surface area contributed by atoms with Crippen LogP contribution < -0.4 is 10.0 Å². The molecule has 3 aromatic rings. The van der Waals surface area contributed by atoms with Crippen molar-refractivity contribution in [3.05, 3.63) is 81.7 Å². The van der Waals surface area contributed by atoms with Gasteiger partial charge in [-0.05, 0) is 35.9 Å². The summed E-state index contributed by atoms with van der Waals surface area (Å²) in [6.07, 6.45) is 2.59. The molecule has 0 aliphatic heterocycles. The van der Waals surface area contributed by atoms with Gasteiger partial charge in [0.1, 0.15) is 22.3 Å². The number of pyridine rings is 2. The summed E-state index contributed by atoms with van der Waals surface area (Å²) < 4.78 is 54.9. The van der Waals surface area contributed by atoms with Gasteiger partial charge in [0.25, 0.3) is 0 Å². The first-order valence-electron chi connectivity index (χ1n) is 9.11. The second kappa shape index (κ2) is 9.86. The highest BCUT2D eigenvalue weighted by atomic mass is 35.5. The van der Waals surface area contributed by atoms with Crippen molar-refractivity contribution in [1.82, 2.24) is 14.7 Å². The van der Waals surface area contributed by atoms with Gasteiger partial charge in [0.15, 0.2) is 0 Å². The Morgan fingerprint density at radius 3 is 2.52 bits per heavy atom. The highest BCUT2D eigenvalue weighted by Crippen LogP contribution is 2.24. The zero-order chi connectivity index (χ0) is 22.6. The summed E-state index contributed by atoms with van der Waals surface area (Å²) in [5.41, 5.74) is 0.772. The molecule has 1 atom stereocenters. The van der Waals surface area contributed by atoms with Crippen molar-refractivity contribution >= 4 is 39.0 Å². The molecule has 0 amide bonds. The molecule has 2 heterocycles. The number of anilines is 1. The molecule has 6 nitrogen and oxygen atoms in total. The minimum atomic E-state index is -3.93. The molecule has 0 fully saturated rings. The van der Waals surface area contributed by atoms with E-state index in [1.807, 2.05) is 0 Å². The molecule has 2 N–H and O–H groups in total. The van der Waals surface area contributed by atoms with Gasteiger partial charge in [-0.1, -0.05) is 36.2 Å². The Bertz CT molecular complexity index is 1200. The third-order valence-corrected chi connectivity index (χ3v) is 6.39.